The quantitative estimate of drug-likeness (QED) is 0.537. The molecule has 0 aliphatic rings. The molecule has 3 nitrogen and oxygen atoms in total. The van der Waals surface area contributed by atoms with Crippen LogP contribution in [0, 0.1) is 0 Å². The van der Waals surface area contributed by atoms with Gasteiger partial charge in [0.1, 0.15) is 6.29 Å². The van der Waals surface area contributed by atoms with E-state index in [9.17, 15) is 4.79 Å². The van der Waals surface area contributed by atoms with Gasteiger partial charge in [-0.2, -0.15) is 0 Å². The Balaban J connectivity index is 0.00000121. The van der Waals surface area contributed by atoms with Gasteiger partial charge in [-0.15, -0.1) is 0 Å². The van der Waals surface area contributed by atoms with Gasteiger partial charge in [0.05, 0.1) is 0 Å². The minimum Gasteiger partial charge on any atom is -0.423 e. The first-order valence-electron chi connectivity index (χ1n) is 3.15. The van der Waals surface area contributed by atoms with Crippen molar-refractivity contribution in [2.45, 2.75) is 0 Å². The predicted molar refractivity (Wildman–Crippen MR) is 41.7 cm³/mol. The minimum atomic E-state index is -1.46. The fourth-order valence-corrected chi connectivity index (χ4v) is 0.747. The van der Waals surface area contributed by atoms with Crippen LogP contribution in [0.25, 0.3) is 0 Å². The fourth-order valence-electron chi connectivity index (χ4n) is 0.747. The molecule has 0 aliphatic carbocycles. The van der Waals surface area contributed by atoms with Crippen LogP contribution in [-0.2, 0) is 20.4 Å². The van der Waals surface area contributed by atoms with E-state index in [2.05, 4.69) is 0 Å². The van der Waals surface area contributed by atoms with E-state index >= 15 is 0 Å². The van der Waals surface area contributed by atoms with Gasteiger partial charge in [-0.25, -0.2) is 0 Å². The number of hydrogen-bond donors (Lipinski definition) is 2. The fraction of sp³-hybridized carbons (Fsp3) is 0. The summed E-state index contributed by atoms with van der Waals surface area (Å²) in [6.07, 6.45) is 0.702. The van der Waals surface area contributed by atoms with Crippen LogP contribution < -0.4 is 5.46 Å². The van der Waals surface area contributed by atoms with Crippen LogP contribution >= 0.6 is 0 Å². The molecule has 0 bridgehead atoms. The summed E-state index contributed by atoms with van der Waals surface area (Å²) in [5.74, 6) is 0. The molecule has 0 unspecified atom stereocenters. The zero-order valence-corrected chi connectivity index (χ0v) is 7.64. The summed E-state index contributed by atoms with van der Waals surface area (Å²) >= 11 is 0. The molecule has 5 heteroatoms. The first kappa shape index (κ1) is 11.5. The van der Waals surface area contributed by atoms with Gasteiger partial charge >= 0.3 is 7.12 Å². The molecule has 1 aromatic carbocycles. The largest absolute Gasteiger partial charge is 0.488 e. The topological polar surface area (TPSA) is 57.5 Å². The minimum absolute atomic E-state index is 0. The molecule has 2 N–H and O–H groups in total. The van der Waals surface area contributed by atoms with Crippen molar-refractivity contribution in [3.05, 3.63) is 29.8 Å². The van der Waals surface area contributed by atoms with E-state index < -0.39 is 7.12 Å². The zero-order chi connectivity index (χ0) is 8.27. The third-order valence-electron chi connectivity index (χ3n) is 1.37. The molecule has 0 atom stereocenters. The third kappa shape index (κ3) is 2.88. The second-order valence-corrected chi connectivity index (χ2v) is 2.16. The molecule has 0 amide bonds. The summed E-state index contributed by atoms with van der Waals surface area (Å²) in [4.78, 5) is 10.2. The summed E-state index contributed by atoms with van der Waals surface area (Å²) in [6, 6.07) is 6.05. The maximum absolute atomic E-state index is 10.2. The van der Waals surface area contributed by atoms with Crippen LogP contribution in [-0.4, -0.2) is 23.5 Å². The van der Waals surface area contributed by atoms with Gasteiger partial charge in [-0.3, -0.25) is 4.79 Å². The Labute approximate surface area is 84.2 Å². The Hall–Kier alpha value is -0.463. The van der Waals surface area contributed by atoms with Crippen LogP contribution in [0.2, 0.25) is 0 Å². The molecule has 66 valence electrons. The Morgan fingerprint density at radius 3 is 2.00 bits per heavy atom. The number of aldehydes is 1. The van der Waals surface area contributed by atoms with Gasteiger partial charge in [0.25, 0.3) is 0 Å². The van der Waals surface area contributed by atoms with E-state index in [0.717, 1.165) is 0 Å². The average Bonchev–Trinajstić information content (AvgIpc) is 2.05. The van der Waals surface area contributed by atoms with E-state index in [-0.39, 0.29) is 20.4 Å². The van der Waals surface area contributed by atoms with Gasteiger partial charge < -0.3 is 10.0 Å². The van der Waals surface area contributed by atoms with Crippen LogP contribution in [0.5, 0.6) is 0 Å². The first-order chi connectivity index (χ1) is 5.24. The third-order valence-corrected chi connectivity index (χ3v) is 1.37. The Kier molecular flexibility index (Phi) is 5.03. The summed E-state index contributed by atoms with van der Waals surface area (Å²) in [7, 11) is -1.46. The van der Waals surface area contributed by atoms with Gasteiger partial charge in [0, 0.05) is 26.0 Å². The van der Waals surface area contributed by atoms with E-state index in [1.165, 1.54) is 24.3 Å². The predicted octanol–water partition coefficient (Wildman–Crippen LogP) is -0.824. The number of carbonyl (C=O) groups is 1. The van der Waals surface area contributed by atoms with Gasteiger partial charge in [-0.1, -0.05) is 24.3 Å². The number of rotatable bonds is 2. The number of hydrogen-bond acceptors (Lipinski definition) is 3. The van der Waals surface area contributed by atoms with Gasteiger partial charge in [0.2, 0.25) is 0 Å². The molecule has 0 aromatic heterocycles. The van der Waals surface area contributed by atoms with E-state index in [4.69, 9.17) is 10.0 Å². The smallest absolute Gasteiger partial charge is 0.423 e. The van der Waals surface area contributed by atoms with Crippen molar-refractivity contribution >= 4 is 18.9 Å². The van der Waals surface area contributed by atoms with Crippen LogP contribution in [0.4, 0.5) is 0 Å². The zero-order valence-electron chi connectivity index (χ0n) is 6.08. The maximum Gasteiger partial charge on any atom is 0.488 e. The van der Waals surface area contributed by atoms with Crippen LogP contribution in [0.1, 0.15) is 10.4 Å². The van der Waals surface area contributed by atoms with Crippen molar-refractivity contribution < 1.29 is 35.3 Å². The SMILES string of the molecule is O=Cc1ccc(B(O)O)cc1.[Pd]. The van der Waals surface area contributed by atoms with Gasteiger partial charge in [-0.05, 0) is 5.46 Å². The first-order valence-corrected chi connectivity index (χ1v) is 3.15. The Bertz CT molecular complexity index is 247. The molecular weight excluding hydrogens is 249 g/mol. The van der Waals surface area contributed by atoms with E-state index in [1.54, 1.807) is 0 Å². The molecule has 0 heterocycles. The number of carbonyl (C=O) groups excluding carboxylic acids is 1. The molecule has 12 heavy (non-hydrogen) atoms. The molecular formula is C7H7BO3Pd. The Morgan fingerprint density at radius 2 is 1.67 bits per heavy atom. The van der Waals surface area contributed by atoms with Crippen molar-refractivity contribution in [2.75, 3.05) is 0 Å². The molecule has 0 saturated carbocycles. The molecule has 0 radical (unpaired) electrons. The summed E-state index contributed by atoms with van der Waals surface area (Å²) < 4.78 is 0. The normalized spacial score (nSPS) is 8.50. The molecule has 0 spiro atoms. The summed E-state index contributed by atoms with van der Waals surface area (Å²) in [5.41, 5.74) is 0.907. The second kappa shape index (κ2) is 5.23. The van der Waals surface area contributed by atoms with Crippen molar-refractivity contribution in [2.24, 2.45) is 0 Å². The molecule has 0 fully saturated rings. The van der Waals surface area contributed by atoms with E-state index in [1.807, 2.05) is 0 Å². The average molecular weight is 256 g/mol. The van der Waals surface area contributed by atoms with Crippen LogP contribution in [0.3, 0.4) is 0 Å². The maximum atomic E-state index is 10.2. The molecule has 0 saturated heterocycles. The Morgan fingerprint density at radius 1 is 1.17 bits per heavy atom. The number of benzene rings is 1. The van der Waals surface area contributed by atoms with Crippen molar-refractivity contribution in [1.29, 1.82) is 0 Å². The van der Waals surface area contributed by atoms with E-state index in [0.29, 0.717) is 17.3 Å². The van der Waals surface area contributed by atoms with Crippen molar-refractivity contribution in [1.82, 2.24) is 0 Å². The van der Waals surface area contributed by atoms with Crippen LogP contribution in [0.15, 0.2) is 24.3 Å². The van der Waals surface area contributed by atoms with Crippen molar-refractivity contribution in [3.8, 4) is 0 Å². The summed E-state index contributed by atoms with van der Waals surface area (Å²) in [6.45, 7) is 0. The molecule has 1 aromatic rings. The summed E-state index contributed by atoms with van der Waals surface area (Å²) in [5, 5.41) is 17.3. The molecule has 1 rings (SSSR count). The molecule has 0 aliphatic heterocycles. The standard InChI is InChI=1S/C7H7BO3.Pd/c9-5-6-1-3-7(4-2-6)8(10)11;/h1-5,10-11H;. The van der Waals surface area contributed by atoms with Crippen molar-refractivity contribution in [3.63, 3.8) is 0 Å². The monoisotopic (exact) mass is 256 g/mol. The van der Waals surface area contributed by atoms with Gasteiger partial charge in [0.15, 0.2) is 0 Å². The second-order valence-electron chi connectivity index (χ2n) is 2.16.